The number of benzene rings is 2. The molecule has 2 aromatic carbocycles. The zero-order valence-electron chi connectivity index (χ0n) is 17.6. The number of nitrogens with zero attached hydrogens (tertiary/aromatic N) is 5. The summed E-state index contributed by atoms with van der Waals surface area (Å²) in [6.45, 7) is 0.451. The van der Waals surface area contributed by atoms with Crippen molar-refractivity contribution >= 4 is 5.97 Å². The standard InChI is InChI=1S/C23H18F3N5O3/c24-23(25,26)34-17-10-6-15(7-11-17)21-28-18(19(22(32)33)31(21)16-8-9-16)20-27-13-30(29-20)12-14-4-2-1-3-5-14/h1-7,10-11,13,16H,8-9,12H2,(H,32,33). The van der Waals surface area contributed by atoms with Crippen LogP contribution in [0.4, 0.5) is 13.2 Å². The minimum absolute atomic E-state index is 0.0504. The zero-order valence-corrected chi connectivity index (χ0v) is 17.6. The molecule has 1 fully saturated rings. The summed E-state index contributed by atoms with van der Waals surface area (Å²) in [4.78, 5) is 21.0. The number of alkyl halides is 3. The molecule has 0 atom stereocenters. The molecule has 8 nitrogen and oxygen atoms in total. The second-order valence-electron chi connectivity index (χ2n) is 7.86. The summed E-state index contributed by atoms with van der Waals surface area (Å²) < 4.78 is 44.6. The molecule has 0 spiro atoms. The van der Waals surface area contributed by atoms with Crippen LogP contribution in [-0.2, 0) is 6.54 Å². The van der Waals surface area contributed by atoms with Gasteiger partial charge in [-0.05, 0) is 42.7 Å². The van der Waals surface area contributed by atoms with Crippen molar-refractivity contribution in [2.24, 2.45) is 0 Å². The largest absolute Gasteiger partial charge is 0.573 e. The molecule has 0 bridgehead atoms. The maximum Gasteiger partial charge on any atom is 0.573 e. The van der Waals surface area contributed by atoms with Gasteiger partial charge in [-0.15, -0.1) is 18.3 Å². The van der Waals surface area contributed by atoms with E-state index in [0.29, 0.717) is 17.9 Å². The van der Waals surface area contributed by atoms with E-state index in [0.717, 1.165) is 18.4 Å². The molecule has 11 heteroatoms. The lowest BCUT2D eigenvalue weighted by atomic mass is 10.2. The van der Waals surface area contributed by atoms with Gasteiger partial charge in [0.15, 0.2) is 5.69 Å². The van der Waals surface area contributed by atoms with E-state index < -0.39 is 12.3 Å². The van der Waals surface area contributed by atoms with E-state index >= 15 is 0 Å². The molecule has 2 aromatic heterocycles. The number of ether oxygens (including phenoxy) is 1. The van der Waals surface area contributed by atoms with Crippen LogP contribution in [0.1, 0.15) is 34.9 Å². The van der Waals surface area contributed by atoms with Crippen LogP contribution in [0.3, 0.4) is 0 Å². The highest BCUT2D eigenvalue weighted by atomic mass is 19.4. The van der Waals surface area contributed by atoms with Gasteiger partial charge < -0.3 is 14.4 Å². The molecule has 0 unspecified atom stereocenters. The van der Waals surface area contributed by atoms with Crippen molar-refractivity contribution in [1.82, 2.24) is 24.3 Å². The Balaban J connectivity index is 1.53. The van der Waals surface area contributed by atoms with E-state index in [1.54, 1.807) is 9.25 Å². The summed E-state index contributed by atoms with van der Waals surface area (Å²) in [5.41, 5.74) is 1.52. The fourth-order valence-corrected chi connectivity index (χ4v) is 3.74. The Morgan fingerprint density at radius 1 is 1.09 bits per heavy atom. The van der Waals surface area contributed by atoms with E-state index in [4.69, 9.17) is 0 Å². The van der Waals surface area contributed by atoms with E-state index in [9.17, 15) is 23.1 Å². The van der Waals surface area contributed by atoms with Crippen LogP contribution in [0, 0.1) is 0 Å². The van der Waals surface area contributed by atoms with Gasteiger partial charge in [0.25, 0.3) is 0 Å². The van der Waals surface area contributed by atoms with Crippen molar-refractivity contribution in [2.75, 3.05) is 0 Å². The predicted molar refractivity (Wildman–Crippen MR) is 114 cm³/mol. The number of carboxylic acids is 1. The zero-order chi connectivity index (χ0) is 23.9. The first kappa shape index (κ1) is 21.7. The molecule has 1 N–H and O–H groups in total. The number of aromatic carboxylic acids is 1. The summed E-state index contributed by atoms with van der Waals surface area (Å²) in [6, 6.07) is 14.7. The minimum Gasteiger partial charge on any atom is -0.477 e. The van der Waals surface area contributed by atoms with E-state index in [1.165, 1.54) is 30.6 Å². The number of halogens is 3. The fourth-order valence-electron chi connectivity index (χ4n) is 3.74. The highest BCUT2D eigenvalue weighted by Gasteiger charge is 2.35. The van der Waals surface area contributed by atoms with Gasteiger partial charge in [0.1, 0.15) is 23.6 Å². The average molecular weight is 469 g/mol. The smallest absolute Gasteiger partial charge is 0.477 e. The molecular weight excluding hydrogens is 451 g/mol. The van der Waals surface area contributed by atoms with Crippen LogP contribution in [0.25, 0.3) is 22.9 Å². The fraction of sp³-hybridized carbons (Fsp3) is 0.217. The van der Waals surface area contributed by atoms with Gasteiger partial charge in [-0.25, -0.2) is 19.4 Å². The number of carboxylic acid groups (broad SMARTS) is 1. The molecule has 174 valence electrons. The lowest BCUT2D eigenvalue weighted by molar-refractivity contribution is -0.274. The number of rotatable bonds is 7. The topological polar surface area (TPSA) is 95.1 Å². The van der Waals surface area contributed by atoms with Crippen LogP contribution in [0.5, 0.6) is 5.75 Å². The summed E-state index contributed by atoms with van der Waals surface area (Å²) in [5.74, 6) is -1.07. The molecule has 2 heterocycles. The van der Waals surface area contributed by atoms with Crippen LogP contribution in [0.2, 0.25) is 0 Å². The highest BCUT2D eigenvalue weighted by molar-refractivity contribution is 5.93. The van der Waals surface area contributed by atoms with Gasteiger partial charge >= 0.3 is 12.3 Å². The minimum atomic E-state index is -4.80. The van der Waals surface area contributed by atoms with Crippen molar-refractivity contribution in [2.45, 2.75) is 31.8 Å². The third-order valence-electron chi connectivity index (χ3n) is 5.31. The van der Waals surface area contributed by atoms with Gasteiger partial charge in [-0.1, -0.05) is 30.3 Å². The number of carbonyl (C=O) groups is 1. The van der Waals surface area contributed by atoms with Gasteiger partial charge in [0.2, 0.25) is 5.82 Å². The Kier molecular flexibility index (Phi) is 5.31. The Bertz CT molecular complexity index is 1330. The van der Waals surface area contributed by atoms with Gasteiger partial charge in [0, 0.05) is 11.6 Å². The summed E-state index contributed by atoms with van der Waals surface area (Å²) in [5, 5.41) is 14.4. The van der Waals surface area contributed by atoms with Crippen molar-refractivity contribution in [3.63, 3.8) is 0 Å². The molecule has 5 rings (SSSR count). The van der Waals surface area contributed by atoms with Crippen LogP contribution in [0.15, 0.2) is 60.9 Å². The third-order valence-corrected chi connectivity index (χ3v) is 5.31. The van der Waals surface area contributed by atoms with E-state index in [2.05, 4.69) is 19.8 Å². The Morgan fingerprint density at radius 2 is 1.79 bits per heavy atom. The van der Waals surface area contributed by atoms with E-state index in [-0.39, 0.29) is 29.0 Å². The van der Waals surface area contributed by atoms with Gasteiger partial charge in [-0.3, -0.25) is 0 Å². The normalized spacial score (nSPS) is 13.7. The van der Waals surface area contributed by atoms with Gasteiger partial charge in [-0.2, -0.15) is 0 Å². The Morgan fingerprint density at radius 3 is 2.41 bits per heavy atom. The number of hydrogen-bond acceptors (Lipinski definition) is 5. The summed E-state index contributed by atoms with van der Waals surface area (Å²) in [7, 11) is 0. The van der Waals surface area contributed by atoms with Crippen molar-refractivity contribution < 1.29 is 27.8 Å². The molecule has 0 radical (unpaired) electrons. The molecule has 1 aliphatic rings. The average Bonchev–Trinajstić information content (AvgIpc) is 3.39. The number of aromatic nitrogens is 5. The van der Waals surface area contributed by atoms with Crippen molar-refractivity contribution in [3.05, 3.63) is 72.2 Å². The molecule has 0 aliphatic heterocycles. The molecule has 0 amide bonds. The molecule has 1 saturated carbocycles. The third kappa shape index (κ3) is 4.49. The summed E-state index contributed by atoms with van der Waals surface area (Å²) in [6.07, 6.45) is -1.75. The Labute approximate surface area is 191 Å². The first-order valence-corrected chi connectivity index (χ1v) is 10.4. The van der Waals surface area contributed by atoms with Crippen molar-refractivity contribution in [3.8, 4) is 28.7 Å². The summed E-state index contributed by atoms with van der Waals surface area (Å²) >= 11 is 0. The maximum absolute atomic E-state index is 12.5. The second-order valence-corrected chi connectivity index (χ2v) is 7.86. The van der Waals surface area contributed by atoms with Crippen LogP contribution in [-0.4, -0.2) is 41.8 Å². The van der Waals surface area contributed by atoms with Crippen LogP contribution >= 0.6 is 0 Å². The monoisotopic (exact) mass is 469 g/mol. The lowest BCUT2D eigenvalue weighted by Crippen LogP contribution is -2.17. The first-order valence-electron chi connectivity index (χ1n) is 10.4. The first-order chi connectivity index (χ1) is 16.3. The quantitative estimate of drug-likeness (QED) is 0.418. The van der Waals surface area contributed by atoms with Crippen molar-refractivity contribution in [1.29, 1.82) is 0 Å². The van der Waals surface area contributed by atoms with Gasteiger partial charge in [0.05, 0.1) is 6.54 Å². The maximum atomic E-state index is 12.5. The molecule has 0 saturated heterocycles. The van der Waals surface area contributed by atoms with E-state index in [1.807, 2.05) is 30.3 Å². The molecule has 1 aliphatic carbocycles. The van der Waals surface area contributed by atoms with Crippen LogP contribution < -0.4 is 4.74 Å². The lowest BCUT2D eigenvalue weighted by Gasteiger charge is -2.11. The second kappa shape index (κ2) is 8.32. The number of hydrogen-bond donors (Lipinski definition) is 1. The molecular formula is C23H18F3N5O3. The molecule has 34 heavy (non-hydrogen) atoms. The highest BCUT2D eigenvalue weighted by Crippen LogP contribution is 2.42. The SMILES string of the molecule is O=C(O)c1c(-c2ncn(Cc3ccccc3)n2)nc(-c2ccc(OC(F)(F)F)cc2)n1C1CC1. The number of imidazole rings is 1. The Hall–Kier alpha value is -4.15. The predicted octanol–water partition coefficient (Wildman–Crippen LogP) is 4.79. The molecule has 4 aromatic rings.